The van der Waals surface area contributed by atoms with Crippen molar-refractivity contribution >= 4 is 12.0 Å². The average Bonchev–Trinajstić information content (AvgIpc) is 3.14. The van der Waals surface area contributed by atoms with Crippen molar-refractivity contribution in [3.8, 4) is 0 Å². The molecule has 3 N–H and O–H groups in total. The van der Waals surface area contributed by atoms with Gasteiger partial charge in [0.2, 0.25) is 5.91 Å². The molecule has 21 heavy (non-hydrogen) atoms. The minimum absolute atomic E-state index is 0.0621. The van der Waals surface area contributed by atoms with E-state index in [1.54, 1.807) is 4.90 Å². The summed E-state index contributed by atoms with van der Waals surface area (Å²) in [7, 11) is 0. The van der Waals surface area contributed by atoms with Crippen LogP contribution in [0.1, 0.15) is 32.1 Å². The number of amides is 2. The number of nitrogens with zero attached hydrogens (tertiary/aromatic N) is 1. The van der Waals surface area contributed by atoms with Gasteiger partial charge in [-0.1, -0.05) is 12.8 Å². The molecule has 2 saturated heterocycles. The first-order valence-electron chi connectivity index (χ1n) is 7.67. The molecule has 0 spiro atoms. The number of carboxylic acid groups (broad SMARTS) is 1. The summed E-state index contributed by atoms with van der Waals surface area (Å²) in [4.78, 5) is 25.4. The zero-order valence-electron chi connectivity index (χ0n) is 11.9. The monoisotopic (exact) mass is 298 g/mol. The molecule has 4 atom stereocenters. The minimum atomic E-state index is -1.17. The number of nitrogens with one attached hydrogen (secondary N) is 1. The summed E-state index contributed by atoms with van der Waals surface area (Å²) >= 11 is 0. The van der Waals surface area contributed by atoms with Gasteiger partial charge in [-0.05, 0) is 25.2 Å². The van der Waals surface area contributed by atoms with Crippen LogP contribution in [0.2, 0.25) is 0 Å². The molecule has 3 fully saturated rings. The highest BCUT2D eigenvalue weighted by Gasteiger charge is 2.49. The first-order valence-corrected chi connectivity index (χ1v) is 7.67. The summed E-state index contributed by atoms with van der Waals surface area (Å²) in [6, 6.07) is -1.02. The molecule has 3 rings (SSSR count). The summed E-state index contributed by atoms with van der Waals surface area (Å²) in [5, 5.41) is 21.4. The quantitative estimate of drug-likeness (QED) is 0.690. The van der Waals surface area contributed by atoms with Crippen LogP contribution in [-0.2, 0) is 9.53 Å². The predicted molar refractivity (Wildman–Crippen MR) is 72.8 cm³/mol. The van der Waals surface area contributed by atoms with Gasteiger partial charge < -0.3 is 25.2 Å². The van der Waals surface area contributed by atoms with Crippen LogP contribution in [0.25, 0.3) is 0 Å². The number of aliphatic hydroxyl groups is 1. The fourth-order valence-corrected chi connectivity index (χ4v) is 3.99. The number of rotatable bonds is 3. The number of hydrogen-bond acceptors (Lipinski definition) is 4. The fourth-order valence-electron chi connectivity index (χ4n) is 3.99. The number of hydrogen-bond donors (Lipinski definition) is 3. The lowest BCUT2D eigenvalue weighted by Gasteiger charge is -2.31. The lowest BCUT2D eigenvalue weighted by atomic mass is 9.96. The van der Waals surface area contributed by atoms with Gasteiger partial charge in [-0.25, -0.2) is 4.79 Å². The zero-order valence-corrected chi connectivity index (χ0v) is 11.9. The lowest BCUT2D eigenvalue weighted by Crippen LogP contribution is -2.55. The van der Waals surface area contributed by atoms with E-state index < -0.39 is 18.2 Å². The molecule has 0 radical (unpaired) electrons. The second kappa shape index (κ2) is 5.81. The summed E-state index contributed by atoms with van der Waals surface area (Å²) < 4.78 is 5.48. The van der Waals surface area contributed by atoms with E-state index >= 15 is 0 Å². The van der Waals surface area contributed by atoms with E-state index in [1.165, 1.54) is 0 Å². The molecule has 0 aromatic heterocycles. The number of fused-ring (bicyclic) bond motifs is 1. The summed E-state index contributed by atoms with van der Waals surface area (Å²) in [6.45, 7) is 0.773. The van der Waals surface area contributed by atoms with Crippen molar-refractivity contribution in [3.63, 3.8) is 0 Å². The first-order chi connectivity index (χ1) is 10.1. The maximum Gasteiger partial charge on any atom is 0.405 e. The fraction of sp³-hybridized carbons (Fsp3) is 0.857. The Balaban J connectivity index is 1.75. The van der Waals surface area contributed by atoms with Gasteiger partial charge in [0, 0.05) is 6.54 Å². The number of likely N-dealkylation sites (tertiary alicyclic amines) is 1. The van der Waals surface area contributed by atoms with Gasteiger partial charge in [-0.3, -0.25) is 4.79 Å². The van der Waals surface area contributed by atoms with E-state index in [-0.39, 0.29) is 30.6 Å². The van der Waals surface area contributed by atoms with Crippen LogP contribution in [0.3, 0.4) is 0 Å². The van der Waals surface area contributed by atoms with Gasteiger partial charge in [0.15, 0.2) is 0 Å². The third-order valence-electron chi connectivity index (χ3n) is 4.97. The molecule has 118 valence electrons. The van der Waals surface area contributed by atoms with Crippen LogP contribution in [0, 0.1) is 5.92 Å². The molecule has 2 amide bonds. The smallest absolute Gasteiger partial charge is 0.405 e. The highest BCUT2D eigenvalue weighted by Crippen LogP contribution is 2.33. The van der Waals surface area contributed by atoms with Crippen LogP contribution in [-0.4, -0.2) is 64.6 Å². The van der Waals surface area contributed by atoms with Crippen molar-refractivity contribution in [2.75, 3.05) is 13.2 Å². The summed E-state index contributed by atoms with van der Waals surface area (Å²) in [6.07, 6.45) is 2.57. The predicted octanol–water partition coefficient (Wildman–Crippen LogP) is 0.173. The topological polar surface area (TPSA) is 99.1 Å². The molecular formula is C14H22N2O5. The van der Waals surface area contributed by atoms with E-state index in [0.29, 0.717) is 13.0 Å². The molecule has 1 saturated carbocycles. The SMILES string of the molecule is O=C(O)N[C@H](C(=O)N1CC[C@H]2OC[C@H](O)[C@H]21)C1CCCC1. The maximum atomic E-state index is 12.8. The Labute approximate surface area is 123 Å². The Kier molecular flexibility index (Phi) is 4.03. The third-order valence-corrected chi connectivity index (χ3v) is 4.97. The Hall–Kier alpha value is -1.34. The number of aliphatic hydroxyl groups excluding tert-OH is 1. The second-order valence-electron chi connectivity index (χ2n) is 6.22. The second-order valence-corrected chi connectivity index (χ2v) is 6.22. The molecule has 0 aromatic carbocycles. The highest BCUT2D eigenvalue weighted by atomic mass is 16.5. The Morgan fingerprint density at radius 2 is 1.95 bits per heavy atom. The molecule has 0 aromatic rings. The van der Waals surface area contributed by atoms with E-state index in [9.17, 15) is 14.7 Å². The lowest BCUT2D eigenvalue weighted by molar-refractivity contribution is -0.137. The Morgan fingerprint density at radius 3 is 2.62 bits per heavy atom. The van der Waals surface area contributed by atoms with E-state index in [0.717, 1.165) is 25.7 Å². The van der Waals surface area contributed by atoms with E-state index in [1.807, 2.05) is 0 Å². The number of carbonyl (C=O) groups excluding carboxylic acids is 1. The molecule has 2 heterocycles. The Morgan fingerprint density at radius 1 is 1.24 bits per heavy atom. The van der Waals surface area contributed by atoms with Crippen molar-refractivity contribution < 1.29 is 24.5 Å². The average molecular weight is 298 g/mol. The van der Waals surface area contributed by atoms with Gasteiger partial charge in [0.1, 0.15) is 12.1 Å². The highest BCUT2D eigenvalue weighted by molar-refractivity contribution is 5.86. The molecule has 0 bridgehead atoms. The number of ether oxygens (including phenoxy) is 1. The van der Waals surface area contributed by atoms with Crippen molar-refractivity contribution in [3.05, 3.63) is 0 Å². The van der Waals surface area contributed by atoms with Gasteiger partial charge in [-0.2, -0.15) is 0 Å². The van der Waals surface area contributed by atoms with Crippen molar-refractivity contribution in [1.82, 2.24) is 10.2 Å². The van der Waals surface area contributed by atoms with Crippen molar-refractivity contribution in [1.29, 1.82) is 0 Å². The minimum Gasteiger partial charge on any atom is -0.465 e. The molecule has 3 aliphatic rings. The maximum absolute atomic E-state index is 12.8. The normalized spacial score (nSPS) is 34.0. The molecule has 7 heteroatoms. The van der Waals surface area contributed by atoms with Crippen LogP contribution in [0.5, 0.6) is 0 Å². The van der Waals surface area contributed by atoms with Crippen molar-refractivity contribution in [2.24, 2.45) is 5.92 Å². The summed E-state index contributed by atoms with van der Waals surface area (Å²) in [5.74, 6) is -0.145. The van der Waals surface area contributed by atoms with E-state index in [4.69, 9.17) is 9.84 Å². The van der Waals surface area contributed by atoms with Crippen molar-refractivity contribution in [2.45, 2.75) is 56.4 Å². The van der Waals surface area contributed by atoms with E-state index in [2.05, 4.69) is 5.32 Å². The van der Waals surface area contributed by atoms with Gasteiger partial charge in [0.05, 0.1) is 18.8 Å². The molecular weight excluding hydrogens is 276 g/mol. The van der Waals surface area contributed by atoms with Gasteiger partial charge in [0.25, 0.3) is 0 Å². The largest absolute Gasteiger partial charge is 0.465 e. The van der Waals surface area contributed by atoms with Gasteiger partial charge >= 0.3 is 6.09 Å². The molecule has 0 unspecified atom stereocenters. The molecule has 2 aliphatic heterocycles. The zero-order chi connectivity index (χ0) is 15.0. The molecule has 1 aliphatic carbocycles. The van der Waals surface area contributed by atoms with Crippen LogP contribution in [0.15, 0.2) is 0 Å². The standard InChI is InChI=1S/C14H22N2O5/c17-9-7-21-10-5-6-16(12(9)10)13(18)11(15-14(19)20)8-3-1-2-4-8/h8-12,15,17H,1-7H2,(H,19,20)/t9-,10+,11-,12+/m0/s1. The van der Waals surface area contributed by atoms with Gasteiger partial charge in [-0.15, -0.1) is 0 Å². The Bertz CT molecular complexity index is 424. The summed E-state index contributed by atoms with van der Waals surface area (Å²) in [5.41, 5.74) is 0. The first kappa shape index (κ1) is 14.6. The van der Waals surface area contributed by atoms with Crippen LogP contribution in [0.4, 0.5) is 4.79 Å². The third kappa shape index (κ3) is 2.72. The number of carbonyl (C=O) groups is 2. The van der Waals surface area contributed by atoms with Crippen LogP contribution >= 0.6 is 0 Å². The van der Waals surface area contributed by atoms with Crippen LogP contribution < -0.4 is 5.32 Å². The molecule has 7 nitrogen and oxygen atoms in total.